The Morgan fingerprint density at radius 1 is 0.960 bits per heavy atom. The summed E-state index contributed by atoms with van der Waals surface area (Å²) in [6.45, 7) is 0.559. The molecule has 0 saturated carbocycles. The third-order valence-corrected chi connectivity index (χ3v) is 4.17. The fraction of sp³-hybridized carbons (Fsp3) is 0.0526. The second-order valence-corrected chi connectivity index (χ2v) is 6.18. The number of nitrogens with zero attached hydrogens (tertiary/aromatic N) is 1. The topological polar surface area (TPSA) is 54.0 Å². The molecule has 1 aromatic heterocycles. The van der Waals surface area contributed by atoms with Crippen LogP contribution in [0.1, 0.15) is 15.9 Å². The van der Waals surface area contributed by atoms with Crippen LogP contribution in [0.4, 0.5) is 11.5 Å². The molecular formula is C19H15Cl2N3O. The maximum absolute atomic E-state index is 12.2. The molecule has 0 fully saturated rings. The van der Waals surface area contributed by atoms with Gasteiger partial charge in [0.2, 0.25) is 0 Å². The molecule has 1 heterocycles. The highest BCUT2D eigenvalue weighted by Crippen LogP contribution is 2.17. The van der Waals surface area contributed by atoms with Crippen molar-refractivity contribution < 1.29 is 4.79 Å². The van der Waals surface area contributed by atoms with E-state index in [2.05, 4.69) is 15.6 Å². The molecule has 3 rings (SSSR count). The monoisotopic (exact) mass is 371 g/mol. The summed E-state index contributed by atoms with van der Waals surface area (Å²) in [7, 11) is 0. The zero-order valence-corrected chi connectivity index (χ0v) is 14.7. The van der Waals surface area contributed by atoms with Gasteiger partial charge in [0.05, 0.1) is 5.56 Å². The highest BCUT2D eigenvalue weighted by molar-refractivity contribution is 6.31. The fourth-order valence-electron chi connectivity index (χ4n) is 2.20. The summed E-state index contributed by atoms with van der Waals surface area (Å²) >= 11 is 12.0. The first-order chi connectivity index (χ1) is 12.1. The number of amides is 1. The molecule has 0 unspecified atom stereocenters. The number of anilines is 2. The van der Waals surface area contributed by atoms with Crippen LogP contribution in [0.15, 0.2) is 66.9 Å². The van der Waals surface area contributed by atoms with Gasteiger partial charge < -0.3 is 10.6 Å². The van der Waals surface area contributed by atoms with Gasteiger partial charge in [-0.15, -0.1) is 0 Å². The lowest BCUT2D eigenvalue weighted by atomic mass is 10.2. The molecule has 0 saturated heterocycles. The van der Waals surface area contributed by atoms with E-state index in [-0.39, 0.29) is 5.91 Å². The van der Waals surface area contributed by atoms with Crippen LogP contribution in [0.3, 0.4) is 0 Å². The first-order valence-electron chi connectivity index (χ1n) is 7.62. The summed E-state index contributed by atoms with van der Waals surface area (Å²) in [6.07, 6.45) is 1.53. The molecule has 2 N–H and O–H groups in total. The van der Waals surface area contributed by atoms with E-state index in [0.717, 1.165) is 5.56 Å². The second-order valence-electron chi connectivity index (χ2n) is 5.34. The van der Waals surface area contributed by atoms with E-state index in [4.69, 9.17) is 23.2 Å². The quantitative estimate of drug-likeness (QED) is 0.643. The van der Waals surface area contributed by atoms with E-state index < -0.39 is 0 Å². The van der Waals surface area contributed by atoms with Crippen molar-refractivity contribution >= 4 is 40.6 Å². The summed E-state index contributed by atoms with van der Waals surface area (Å²) in [4.78, 5) is 16.5. The molecule has 2 aromatic carbocycles. The lowest BCUT2D eigenvalue weighted by Gasteiger charge is -2.08. The van der Waals surface area contributed by atoms with Crippen molar-refractivity contribution in [2.75, 3.05) is 10.6 Å². The van der Waals surface area contributed by atoms with Crippen molar-refractivity contribution in [3.63, 3.8) is 0 Å². The molecule has 4 nitrogen and oxygen atoms in total. The van der Waals surface area contributed by atoms with Crippen molar-refractivity contribution in [2.24, 2.45) is 0 Å². The van der Waals surface area contributed by atoms with Gasteiger partial charge in [-0.3, -0.25) is 4.79 Å². The number of rotatable bonds is 5. The van der Waals surface area contributed by atoms with Gasteiger partial charge in [0, 0.05) is 28.5 Å². The average Bonchev–Trinajstić information content (AvgIpc) is 2.63. The minimum Gasteiger partial charge on any atom is -0.366 e. The zero-order valence-electron chi connectivity index (χ0n) is 13.2. The SMILES string of the molecule is O=C(Nc1ccc(Cl)cc1)c1ccc(NCc2ccccc2Cl)nc1. The van der Waals surface area contributed by atoms with Gasteiger partial charge in [-0.2, -0.15) is 0 Å². The predicted molar refractivity (Wildman–Crippen MR) is 102 cm³/mol. The largest absolute Gasteiger partial charge is 0.366 e. The zero-order chi connectivity index (χ0) is 17.6. The molecule has 0 aliphatic carbocycles. The van der Waals surface area contributed by atoms with Gasteiger partial charge in [-0.1, -0.05) is 41.4 Å². The lowest BCUT2D eigenvalue weighted by molar-refractivity contribution is 0.102. The summed E-state index contributed by atoms with van der Waals surface area (Å²) < 4.78 is 0. The number of carbonyl (C=O) groups is 1. The molecule has 25 heavy (non-hydrogen) atoms. The van der Waals surface area contributed by atoms with Crippen LogP contribution in [-0.2, 0) is 6.54 Å². The summed E-state index contributed by atoms with van der Waals surface area (Å²) in [6, 6.07) is 18.0. The van der Waals surface area contributed by atoms with Gasteiger partial charge >= 0.3 is 0 Å². The Morgan fingerprint density at radius 2 is 1.72 bits per heavy atom. The molecule has 1 amide bonds. The molecular weight excluding hydrogens is 357 g/mol. The first-order valence-corrected chi connectivity index (χ1v) is 8.38. The minimum absolute atomic E-state index is 0.229. The fourth-order valence-corrected chi connectivity index (χ4v) is 2.53. The highest BCUT2D eigenvalue weighted by atomic mass is 35.5. The Bertz CT molecular complexity index is 865. The number of pyridine rings is 1. The predicted octanol–water partition coefficient (Wildman–Crippen LogP) is 5.25. The molecule has 6 heteroatoms. The standard InChI is InChI=1S/C19H15Cl2N3O/c20-15-6-8-16(9-7-15)24-19(25)14-5-10-18(23-12-14)22-11-13-3-1-2-4-17(13)21/h1-10,12H,11H2,(H,22,23)(H,24,25). The van der Waals surface area contributed by atoms with Gasteiger partial charge in [0.1, 0.15) is 5.82 Å². The number of hydrogen-bond donors (Lipinski definition) is 2. The normalized spacial score (nSPS) is 10.3. The van der Waals surface area contributed by atoms with Crippen molar-refractivity contribution in [2.45, 2.75) is 6.54 Å². The van der Waals surface area contributed by atoms with Crippen LogP contribution < -0.4 is 10.6 Å². The van der Waals surface area contributed by atoms with Crippen LogP contribution in [0.5, 0.6) is 0 Å². The van der Waals surface area contributed by atoms with Gasteiger partial charge in [-0.25, -0.2) is 4.98 Å². The summed E-state index contributed by atoms with van der Waals surface area (Å²) in [5, 5.41) is 7.30. The molecule has 0 aliphatic rings. The van der Waals surface area contributed by atoms with Crippen molar-refractivity contribution in [3.05, 3.63) is 88.0 Å². The molecule has 0 aliphatic heterocycles. The number of halogens is 2. The molecule has 3 aromatic rings. The van der Waals surface area contributed by atoms with Gasteiger partial charge in [0.15, 0.2) is 0 Å². The minimum atomic E-state index is -0.229. The Labute approximate surface area is 155 Å². The molecule has 0 atom stereocenters. The molecule has 126 valence electrons. The summed E-state index contributed by atoms with van der Waals surface area (Å²) in [5.41, 5.74) is 2.13. The Morgan fingerprint density at radius 3 is 2.40 bits per heavy atom. The number of nitrogens with one attached hydrogen (secondary N) is 2. The maximum atomic E-state index is 12.2. The Balaban J connectivity index is 1.60. The number of hydrogen-bond acceptors (Lipinski definition) is 3. The van der Waals surface area contributed by atoms with E-state index in [1.54, 1.807) is 36.4 Å². The smallest absolute Gasteiger partial charge is 0.257 e. The second kappa shape index (κ2) is 8.01. The van der Waals surface area contributed by atoms with Crippen LogP contribution in [-0.4, -0.2) is 10.9 Å². The van der Waals surface area contributed by atoms with Crippen LogP contribution in [0, 0.1) is 0 Å². The van der Waals surface area contributed by atoms with Gasteiger partial charge in [-0.05, 0) is 48.0 Å². The van der Waals surface area contributed by atoms with Crippen LogP contribution in [0.2, 0.25) is 10.0 Å². The molecule has 0 spiro atoms. The summed E-state index contributed by atoms with van der Waals surface area (Å²) in [5.74, 6) is 0.440. The number of benzene rings is 2. The third-order valence-electron chi connectivity index (χ3n) is 3.55. The first kappa shape index (κ1) is 17.3. The lowest BCUT2D eigenvalue weighted by Crippen LogP contribution is -2.12. The maximum Gasteiger partial charge on any atom is 0.257 e. The van der Waals surface area contributed by atoms with Gasteiger partial charge in [0.25, 0.3) is 5.91 Å². The van der Waals surface area contributed by atoms with Crippen molar-refractivity contribution in [3.8, 4) is 0 Å². The van der Waals surface area contributed by atoms with Crippen molar-refractivity contribution in [1.82, 2.24) is 4.98 Å². The third kappa shape index (κ3) is 4.72. The van der Waals surface area contributed by atoms with E-state index in [0.29, 0.717) is 33.7 Å². The van der Waals surface area contributed by atoms with E-state index in [1.807, 2.05) is 24.3 Å². The van der Waals surface area contributed by atoms with Crippen LogP contribution in [0.25, 0.3) is 0 Å². The van der Waals surface area contributed by atoms with Crippen LogP contribution >= 0.6 is 23.2 Å². The molecule has 0 radical (unpaired) electrons. The van der Waals surface area contributed by atoms with E-state index >= 15 is 0 Å². The van der Waals surface area contributed by atoms with Crippen molar-refractivity contribution in [1.29, 1.82) is 0 Å². The molecule has 0 bridgehead atoms. The highest BCUT2D eigenvalue weighted by Gasteiger charge is 2.07. The average molecular weight is 372 g/mol. The van der Waals surface area contributed by atoms with E-state index in [1.165, 1.54) is 6.20 Å². The number of carbonyl (C=O) groups excluding carboxylic acids is 1. The van der Waals surface area contributed by atoms with E-state index in [9.17, 15) is 4.79 Å². The Hall–Kier alpha value is -2.56. The Kier molecular flexibility index (Phi) is 5.53. The number of aromatic nitrogens is 1.